The SMILES string of the molecule is Cc1cccc2nc(C(=O)Nc3nc4c(C(=O)Nc5ncc[nH]5)cccc4[nH]3)cn12. The first-order chi connectivity index (χ1) is 14.6. The number of para-hydroxylation sites is 1. The van der Waals surface area contributed by atoms with E-state index < -0.39 is 5.91 Å². The number of amides is 2. The maximum absolute atomic E-state index is 12.7. The van der Waals surface area contributed by atoms with Crippen molar-refractivity contribution >= 4 is 40.4 Å². The number of nitrogens with zero attached hydrogens (tertiary/aromatic N) is 4. The minimum atomic E-state index is -0.404. The van der Waals surface area contributed by atoms with E-state index in [1.807, 2.05) is 29.5 Å². The van der Waals surface area contributed by atoms with Gasteiger partial charge in [-0.3, -0.25) is 20.2 Å². The second kappa shape index (κ2) is 6.85. The summed E-state index contributed by atoms with van der Waals surface area (Å²) in [6.07, 6.45) is 4.82. The molecule has 0 saturated carbocycles. The molecule has 0 saturated heterocycles. The topological polar surface area (TPSA) is 133 Å². The second-order valence-electron chi connectivity index (χ2n) is 6.65. The van der Waals surface area contributed by atoms with E-state index in [0.717, 1.165) is 5.69 Å². The molecule has 10 heteroatoms. The first-order valence-corrected chi connectivity index (χ1v) is 9.14. The monoisotopic (exact) mass is 400 g/mol. The van der Waals surface area contributed by atoms with Gasteiger partial charge in [0.25, 0.3) is 11.8 Å². The van der Waals surface area contributed by atoms with E-state index in [1.165, 1.54) is 0 Å². The van der Waals surface area contributed by atoms with Gasteiger partial charge in [-0.05, 0) is 31.2 Å². The molecule has 4 N–H and O–H groups in total. The zero-order valence-electron chi connectivity index (χ0n) is 15.8. The highest BCUT2D eigenvalue weighted by Crippen LogP contribution is 2.20. The standard InChI is InChI=1S/C20H16N8O2/c1-11-4-2-7-15-23-14(10-28(11)15)18(30)27-20-24-13-6-3-5-12(16(13)25-20)17(29)26-19-21-8-9-22-19/h2-10H,1H3,(H2,21,22,26,29)(H2,24,25,27,30). The van der Waals surface area contributed by atoms with E-state index in [4.69, 9.17) is 0 Å². The number of fused-ring (bicyclic) bond motifs is 2. The summed E-state index contributed by atoms with van der Waals surface area (Å²) in [6.45, 7) is 1.94. The fourth-order valence-electron chi connectivity index (χ4n) is 3.21. The van der Waals surface area contributed by atoms with Crippen LogP contribution in [-0.4, -0.2) is 41.1 Å². The number of anilines is 2. The van der Waals surface area contributed by atoms with Crippen LogP contribution >= 0.6 is 0 Å². The Morgan fingerprint density at radius 1 is 1.00 bits per heavy atom. The highest BCUT2D eigenvalue weighted by molar-refractivity contribution is 6.11. The summed E-state index contributed by atoms with van der Waals surface area (Å²) < 4.78 is 1.84. The Labute approximate surface area is 169 Å². The van der Waals surface area contributed by atoms with Gasteiger partial charge in [0.15, 0.2) is 0 Å². The molecule has 4 aromatic heterocycles. The van der Waals surface area contributed by atoms with Crippen molar-refractivity contribution in [2.24, 2.45) is 0 Å². The Morgan fingerprint density at radius 2 is 1.83 bits per heavy atom. The van der Waals surface area contributed by atoms with Gasteiger partial charge in [-0.15, -0.1) is 0 Å². The Hall–Kier alpha value is -4.47. The number of hydrogen-bond acceptors (Lipinski definition) is 5. The van der Waals surface area contributed by atoms with E-state index in [9.17, 15) is 9.59 Å². The first kappa shape index (κ1) is 17.6. The third kappa shape index (κ3) is 3.05. The van der Waals surface area contributed by atoms with Crippen LogP contribution in [0.15, 0.2) is 55.0 Å². The Bertz CT molecular complexity index is 1400. The van der Waals surface area contributed by atoms with E-state index in [1.54, 1.807) is 36.8 Å². The molecule has 10 nitrogen and oxygen atoms in total. The summed E-state index contributed by atoms with van der Waals surface area (Å²) in [7, 11) is 0. The van der Waals surface area contributed by atoms with Crippen molar-refractivity contribution in [2.45, 2.75) is 6.92 Å². The van der Waals surface area contributed by atoms with Gasteiger partial charge >= 0.3 is 0 Å². The van der Waals surface area contributed by atoms with Gasteiger partial charge in [-0.25, -0.2) is 15.0 Å². The van der Waals surface area contributed by atoms with Crippen LogP contribution in [0.4, 0.5) is 11.9 Å². The quantitative estimate of drug-likeness (QED) is 0.368. The number of benzene rings is 1. The van der Waals surface area contributed by atoms with E-state index >= 15 is 0 Å². The molecule has 0 aliphatic rings. The Kier molecular flexibility index (Phi) is 4.02. The molecular weight excluding hydrogens is 384 g/mol. The molecule has 0 aliphatic carbocycles. The lowest BCUT2D eigenvalue weighted by Crippen LogP contribution is -2.14. The molecule has 0 unspecified atom stereocenters. The Morgan fingerprint density at radius 3 is 2.63 bits per heavy atom. The number of pyridine rings is 1. The summed E-state index contributed by atoms with van der Waals surface area (Å²) in [5, 5.41) is 5.37. The summed E-state index contributed by atoms with van der Waals surface area (Å²) in [6, 6.07) is 10.8. The van der Waals surface area contributed by atoms with E-state index in [0.29, 0.717) is 28.2 Å². The molecule has 5 aromatic rings. The number of carbonyl (C=O) groups excluding carboxylic acids is 2. The number of aryl methyl sites for hydroxylation is 1. The van der Waals surface area contributed by atoms with Crippen LogP contribution in [0, 0.1) is 6.92 Å². The molecule has 0 radical (unpaired) electrons. The van der Waals surface area contributed by atoms with Crippen molar-refractivity contribution in [1.82, 2.24) is 29.3 Å². The van der Waals surface area contributed by atoms with Crippen LogP contribution in [-0.2, 0) is 0 Å². The second-order valence-corrected chi connectivity index (χ2v) is 6.65. The number of carbonyl (C=O) groups is 2. The van der Waals surface area contributed by atoms with Crippen LogP contribution in [0.25, 0.3) is 16.7 Å². The minimum Gasteiger partial charge on any atom is -0.331 e. The molecule has 0 bridgehead atoms. The van der Waals surface area contributed by atoms with Crippen LogP contribution in [0.2, 0.25) is 0 Å². The predicted molar refractivity (Wildman–Crippen MR) is 111 cm³/mol. The number of aromatic amines is 2. The Balaban J connectivity index is 1.42. The molecule has 30 heavy (non-hydrogen) atoms. The number of aromatic nitrogens is 6. The molecule has 148 valence electrons. The fraction of sp³-hybridized carbons (Fsp3) is 0.0500. The van der Waals surface area contributed by atoms with Crippen LogP contribution in [0.3, 0.4) is 0 Å². The molecule has 0 spiro atoms. The molecule has 1 aromatic carbocycles. The minimum absolute atomic E-state index is 0.224. The number of hydrogen-bond donors (Lipinski definition) is 4. The number of H-pyrrole nitrogens is 2. The van der Waals surface area contributed by atoms with Crippen LogP contribution < -0.4 is 10.6 Å². The molecule has 5 rings (SSSR count). The predicted octanol–water partition coefficient (Wildman–Crippen LogP) is 2.75. The van der Waals surface area contributed by atoms with Gasteiger partial charge in [0.05, 0.1) is 11.1 Å². The van der Waals surface area contributed by atoms with Crippen LogP contribution in [0.1, 0.15) is 26.5 Å². The molecule has 0 atom stereocenters. The van der Waals surface area contributed by atoms with E-state index in [2.05, 4.69) is 35.6 Å². The van der Waals surface area contributed by atoms with Gasteiger partial charge in [0.2, 0.25) is 11.9 Å². The summed E-state index contributed by atoms with van der Waals surface area (Å²) in [5.74, 6) is -0.209. The highest BCUT2D eigenvalue weighted by atomic mass is 16.2. The third-order valence-corrected chi connectivity index (χ3v) is 4.65. The smallest absolute Gasteiger partial charge is 0.278 e. The average Bonchev–Trinajstić information content (AvgIpc) is 3.46. The van der Waals surface area contributed by atoms with Gasteiger partial charge in [0.1, 0.15) is 16.9 Å². The number of imidazole rings is 3. The zero-order chi connectivity index (χ0) is 20.7. The van der Waals surface area contributed by atoms with Crippen molar-refractivity contribution in [1.29, 1.82) is 0 Å². The number of rotatable bonds is 4. The summed E-state index contributed by atoms with van der Waals surface area (Å²) in [5.41, 5.74) is 3.31. The molecule has 0 fully saturated rings. The van der Waals surface area contributed by atoms with Crippen molar-refractivity contribution in [3.05, 3.63) is 71.9 Å². The lowest BCUT2D eigenvalue weighted by atomic mass is 10.2. The van der Waals surface area contributed by atoms with Crippen molar-refractivity contribution in [2.75, 3.05) is 10.6 Å². The lowest BCUT2D eigenvalue weighted by molar-refractivity contribution is 0.101. The van der Waals surface area contributed by atoms with Crippen LogP contribution in [0.5, 0.6) is 0 Å². The fourth-order valence-corrected chi connectivity index (χ4v) is 3.21. The highest BCUT2D eigenvalue weighted by Gasteiger charge is 2.17. The third-order valence-electron chi connectivity index (χ3n) is 4.65. The lowest BCUT2D eigenvalue weighted by Gasteiger charge is -2.02. The normalized spacial score (nSPS) is 11.1. The zero-order valence-corrected chi connectivity index (χ0v) is 15.8. The summed E-state index contributed by atoms with van der Waals surface area (Å²) in [4.78, 5) is 43.8. The largest absolute Gasteiger partial charge is 0.331 e. The molecule has 2 amide bonds. The van der Waals surface area contributed by atoms with Gasteiger partial charge in [-0.1, -0.05) is 12.1 Å². The average molecular weight is 400 g/mol. The van der Waals surface area contributed by atoms with Gasteiger partial charge in [-0.2, -0.15) is 0 Å². The molecular formula is C20H16N8O2. The maximum Gasteiger partial charge on any atom is 0.278 e. The summed E-state index contributed by atoms with van der Waals surface area (Å²) >= 11 is 0. The van der Waals surface area contributed by atoms with E-state index in [-0.39, 0.29) is 17.5 Å². The van der Waals surface area contributed by atoms with Crippen molar-refractivity contribution in [3.8, 4) is 0 Å². The van der Waals surface area contributed by atoms with Gasteiger partial charge < -0.3 is 14.4 Å². The first-order valence-electron chi connectivity index (χ1n) is 9.14. The molecule has 0 aliphatic heterocycles. The van der Waals surface area contributed by atoms with Crippen molar-refractivity contribution < 1.29 is 9.59 Å². The maximum atomic E-state index is 12.7. The van der Waals surface area contributed by atoms with Gasteiger partial charge in [0, 0.05) is 24.3 Å². The molecule has 4 heterocycles. The van der Waals surface area contributed by atoms with Crippen molar-refractivity contribution in [3.63, 3.8) is 0 Å². The number of nitrogens with one attached hydrogen (secondary N) is 4.